The molecule has 1 aliphatic carbocycles. The fraction of sp³-hybridized carbons (Fsp3) is 0.682. The van der Waals surface area contributed by atoms with E-state index in [0.29, 0.717) is 83.0 Å². The number of fused-ring (bicyclic) bond motifs is 8. The van der Waals surface area contributed by atoms with Gasteiger partial charge in [-0.05, 0) is 77.6 Å². The van der Waals surface area contributed by atoms with Gasteiger partial charge in [0.25, 0.3) is 0 Å². The second-order valence-corrected chi connectivity index (χ2v) is 28.8. The highest BCUT2D eigenvalue weighted by molar-refractivity contribution is 5.73. The molecule has 0 radical (unpaired) electrons. The SMILES string of the molecule is CCCCCCCCCCC[C@@H]1c2cc(c(O)cc2O)[C@H](CCCCCCCCCCC)c2cc(c(O)cc2OCC(=O)OCC)[C@H](CCCCCCCCCCC)c2cc(c(OCC(=O)OCC)cc2OCC(=O)OCC)[C@H](CCCCCCCCCCC)c2cc1c(OCC(=O)OCC)cc2O. The number of phenols is 4. The van der Waals surface area contributed by atoms with Crippen molar-refractivity contribution in [2.45, 2.75) is 336 Å². The maximum atomic E-state index is 13.6. The molecule has 0 heterocycles. The van der Waals surface area contributed by atoms with E-state index in [1.165, 1.54) is 109 Å². The predicted octanol–water partition coefficient (Wildman–Crippen LogP) is 22.8. The van der Waals surface area contributed by atoms with Gasteiger partial charge in [-0.2, -0.15) is 0 Å². The van der Waals surface area contributed by atoms with Gasteiger partial charge in [-0.3, -0.25) is 0 Å². The Morgan fingerprint density at radius 2 is 0.423 bits per heavy atom. The molecule has 5 rings (SSSR count). The van der Waals surface area contributed by atoms with Crippen molar-refractivity contribution in [3.63, 3.8) is 0 Å². The highest BCUT2D eigenvalue weighted by Gasteiger charge is 2.35. The lowest BCUT2D eigenvalue weighted by Gasteiger charge is -2.31. The smallest absolute Gasteiger partial charge is 0.344 e. The molecule has 16 nitrogen and oxygen atoms in total. The van der Waals surface area contributed by atoms with Gasteiger partial charge < -0.3 is 58.3 Å². The summed E-state index contributed by atoms with van der Waals surface area (Å²) in [6.07, 6.45) is 40.1. The summed E-state index contributed by atoms with van der Waals surface area (Å²) in [6, 6.07) is 14.1. The van der Waals surface area contributed by atoms with Crippen molar-refractivity contribution in [2.75, 3.05) is 52.9 Å². The zero-order valence-corrected chi connectivity index (χ0v) is 65.6. The zero-order valence-electron chi connectivity index (χ0n) is 65.6. The summed E-state index contributed by atoms with van der Waals surface area (Å²) in [5.41, 5.74) is 4.37. The number of ether oxygens (including phenoxy) is 8. The molecule has 0 saturated heterocycles. The molecule has 4 aromatic rings. The average Bonchev–Trinajstić information content (AvgIpc) is 0.753. The minimum atomic E-state index is -0.686. The van der Waals surface area contributed by atoms with E-state index in [-0.39, 0.29) is 72.4 Å². The van der Waals surface area contributed by atoms with Crippen LogP contribution in [0, 0.1) is 0 Å². The lowest BCUT2D eigenvalue weighted by molar-refractivity contribution is -0.146. The predicted molar refractivity (Wildman–Crippen MR) is 416 cm³/mol. The molecule has 1 aliphatic rings. The van der Waals surface area contributed by atoms with Crippen LogP contribution < -0.4 is 18.9 Å². The molecule has 16 heteroatoms. The van der Waals surface area contributed by atoms with Crippen LogP contribution >= 0.6 is 0 Å². The van der Waals surface area contributed by atoms with Crippen molar-refractivity contribution in [3.8, 4) is 46.0 Å². The maximum Gasteiger partial charge on any atom is 0.344 e. The van der Waals surface area contributed by atoms with Crippen LogP contribution in [0.1, 0.15) is 380 Å². The zero-order chi connectivity index (χ0) is 75.1. The number of carbonyl (C=O) groups is 4. The number of carbonyl (C=O) groups excluding carboxylic acids is 4. The van der Waals surface area contributed by atoms with Gasteiger partial charge in [0.15, 0.2) is 26.4 Å². The molecule has 0 aromatic heterocycles. The van der Waals surface area contributed by atoms with Crippen LogP contribution in [0.25, 0.3) is 0 Å². The van der Waals surface area contributed by atoms with Crippen LogP contribution in [0.15, 0.2) is 48.5 Å². The van der Waals surface area contributed by atoms with Crippen LogP contribution in [0.3, 0.4) is 0 Å². The lowest BCUT2D eigenvalue weighted by atomic mass is 9.76. The molecule has 0 unspecified atom stereocenters. The summed E-state index contributed by atoms with van der Waals surface area (Å²) in [5, 5.41) is 51.7. The van der Waals surface area contributed by atoms with Crippen molar-refractivity contribution in [3.05, 3.63) is 93.0 Å². The largest absolute Gasteiger partial charge is 0.508 e. The summed E-state index contributed by atoms with van der Waals surface area (Å²) < 4.78 is 48.5. The van der Waals surface area contributed by atoms with Gasteiger partial charge >= 0.3 is 23.9 Å². The van der Waals surface area contributed by atoms with Gasteiger partial charge in [-0.25, -0.2) is 19.2 Å². The van der Waals surface area contributed by atoms with Crippen molar-refractivity contribution < 1.29 is 77.5 Å². The third-order valence-electron chi connectivity index (χ3n) is 20.6. The van der Waals surface area contributed by atoms with Crippen LogP contribution in [-0.4, -0.2) is 97.2 Å². The Bertz CT molecular complexity index is 2890. The first-order chi connectivity index (χ1) is 50.7. The van der Waals surface area contributed by atoms with Crippen molar-refractivity contribution in [1.29, 1.82) is 0 Å². The highest BCUT2D eigenvalue weighted by atomic mass is 16.6. The highest BCUT2D eigenvalue weighted by Crippen LogP contribution is 2.53. The van der Waals surface area contributed by atoms with E-state index in [9.17, 15) is 39.6 Å². The molecule has 0 fully saturated rings. The molecular formula is C88H136O16. The Balaban J connectivity index is 2.01. The summed E-state index contributed by atoms with van der Waals surface area (Å²) in [4.78, 5) is 54.2. The van der Waals surface area contributed by atoms with E-state index in [1.807, 2.05) is 24.3 Å². The van der Waals surface area contributed by atoms with Gasteiger partial charge in [-0.1, -0.05) is 259 Å². The van der Waals surface area contributed by atoms with Crippen molar-refractivity contribution in [1.82, 2.24) is 0 Å². The first kappa shape index (κ1) is 87.8. The second kappa shape index (κ2) is 52.2. The molecule has 4 aromatic carbocycles. The summed E-state index contributed by atoms with van der Waals surface area (Å²) in [5.74, 6) is -4.78. The molecule has 4 N–H and O–H groups in total. The van der Waals surface area contributed by atoms with E-state index >= 15 is 0 Å². The molecule has 4 atom stereocenters. The van der Waals surface area contributed by atoms with E-state index in [2.05, 4.69) is 27.7 Å². The number of rotatable bonds is 56. The first-order valence-corrected chi connectivity index (χ1v) is 41.3. The Kier molecular flexibility index (Phi) is 44.1. The third-order valence-corrected chi connectivity index (χ3v) is 20.6. The summed E-state index contributed by atoms with van der Waals surface area (Å²) in [7, 11) is 0. The van der Waals surface area contributed by atoms with Crippen LogP contribution in [0.5, 0.6) is 46.0 Å². The normalized spacial score (nSPS) is 14.8. The number of hydrogen-bond acceptors (Lipinski definition) is 16. The molecule has 584 valence electrons. The molecule has 0 spiro atoms. The second-order valence-electron chi connectivity index (χ2n) is 28.8. The number of phenolic OH excluding ortho intramolecular Hbond substituents is 4. The molecule has 104 heavy (non-hydrogen) atoms. The Labute approximate surface area is 626 Å². The number of unbranched alkanes of at least 4 members (excludes halogenated alkanes) is 32. The minimum absolute atomic E-state index is 0.112. The fourth-order valence-electron chi connectivity index (χ4n) is 15.0. The first-order valence-electron chi connectivity index (χ1n) is 41.3. The van der Waals surface area contributed by atoms with Gasteiger partial charge in [-0.15, -0.1) is 0 Å². The number of hydrogen-bond donors (Lipinski definition) is 4. The topological polar surface area (TPSA) is 223 Å². The Morgan fingerprint density at radius 3 is 0.644 bits per heavy atom. The fourth-order valence-corrected chi connectivity index (χ4v) is 15.0. The van der Waals surface area contributed by atoms with E-state index in [0.717, 1.165) is 116 Å². The quantitative estimate of drug-likeness (QED) is 0.0183. The number of benzene rings is 4. The molecule has 8 bridgehead atoms. The maximum absolute atomic E-state index is 13.6. The van der Waals surface area contributed by atoms with E-state index in [4.69, 9.17) is 37.9 Å². The van der Waals surface area contributed by atoms with E-state index < -0.39 is 74.0 Å². The molecule has 0 saturated carbocycles. The van der Waals surface area contributed by atoms with Gasteiger partial charge in [0, 0.05) is 92.4 Å². The van der Waals surface area contributed by atoms with Crippen LogP contribution in [0.4, 0.5) is 0 Å². The molecule has 0 aliphatic heterocycles. The third kappa shape index (κ3) is 30.9. The van der Waals surface area contributed by atoms with Crippen LogP contribution in [0.2, 0.25) is 0 Å². The Morgan fingerprint density at radius 1 is 0.240 bits per heavy atom. The number of aromatic hydroxyl groups is 4. The minimum Gasteiger partial charge on any atom is -0.508 e. The summed E-state index contributed by atoms with van der Waals surface area (Å²) >= 11 is 0. The molecular weight excluding hydrogens is 1310 g/mol. The van der Waals surface area contributed by atoms with Gasteiger partial charge in [0.05, 0.1) is 26.4 Å². The van der Waals surface area contributed by atoms with Gasteiger partial charge in [0.1, 0.15) is 46.0 Å². The van der Waals surface area contributed by atoms with E-state index in [1.54, 1.807) is 45.9 Å². The Hall–Kier alpha value is -6.84. The number of esters is 4. The lowest BCUT2D eigenvalue weighted by Crippen LogP contribution is -2.19. The average molecular weight is 1450 g/mol. The van der Waals surface area contributed by atoms with Crippen molar-refractivity contribution in [2.24, 2.45) is 0 Å². The van der Waals surface area contributed by atoms with Crippen LogP contribution in [-0.2, 0) is 38.1 Å². The summed E-state index contributed by atoms with van der Waals surface area (Å²) in [6.45, 7) is 14.4. The van der Waals surface area contributed by atoms with Crippen molar-refractivity contribution >= 4 is 23.9 Å². The monoisotopic (exact) mass is 1450 g/mol. The van der Waals surface area contributed by atoms with Gasteiger partial charge in [0.2, 0.25) is 0 Å². The molecule has 0 amide bonds. The standard InChI is InChI=1S/C88H136O16/c1-9-17-21-25-29-33-37-41-45-49-65-69-53-70(78(90)57-77(69)89)66(50-46-42-38-34-30-26-22-18-10-2)74-55-72(80(92)59-82(74)102-62-86(94)98-14-6)68(52-48-44-40-36-32-28-24-20-12-4)76-56-75(83(103-63-87(95)99-15-7)60-84(76)104-64-88(96)100-16-8)67(51-47-43-39-35-31-27-23-19-11-3)71-54-73(65)81(58-79(71)91)101-61-85(93)97-13-5/h53-60,65-68,89-92H,9-52,61-64H2,1-8H3/t65-,66+,67-,68+.